The molecule has 1 atom stereocenters. The minimum Gasteiger partial charge on any atom is -0.486 e. The van der Waals surface area contributed by atoms with Gasteiger partial charge in [-0.05, 0) is 17.7 Å². The second-order valence-electron chi connectivity index (χ2n) is 5.99. The minimum atomic E-state index is -0.252. The van der Waals surface area contributed by atoms with Crippen LogP contribution in [-0.2, 0) is 6.42 Å². The zero-order valence-electron chi connectivity index (χ0n) is 14.0. The molecule has 0 amide bonds. The summed E-state index contributed by atoms with van der Waals surface area (Å²) < 4.78 is 11.5. The predicted molar refractivity (Wildman–Crippen MR) is 96.7 cm³/mol. The molecule has 4 rings (SSSR count). The molecule has 0 radical (unpaired) electrons. The third-order valence-electron chi connectivity index (χ3n) is 4.04. The lowest BCUT2D eigenvalue weighted by Crippen LogP contribution is -2.36. The van der Waals surface area contributed by atoms with E-state index in [0.29, 0.717) is 37.0 Å². The molecule has 132 valence electrons. The summed E-state index contributed by atoms with van der Waals surface area (Å²) in [4.78, 5) is 14.9. The molecule has 0 saturated heterocycles. The molecule has 7 nitrogen and oxygen atoms in total. The molecule has 1 aliphatic heterocycles. The largest absolute Gasteiger partial charge is 0.486 e. The normalized spacial score (nSPS) is 15.5. The number of fused-ring (bicyclic) bond motifs is 1. The summed E-state index contributed by atoms with van der Waals surface area (Å²) in [6.45, 7) is 0.866. The van der Waals surface area contributed by atoms with Crippen LogP contribution in [-0.4, -0.2) is 34.4 Å². The maximum atomic E-state index is 12.2. The standard InChI is InChI=1S/C19H18N4O3/c24-18-15(10-13-6-2-1-3-7-13)22-23-19(21-18)20-11-14-12-25-16-8-4-5-9-17(16)26-14/h1-9,14H,10-12H2,(H2,20,21,23,24). The molecule has 2 N–H and O–H groups in total. The van der Waals surface area contributed by atoms with Gasteiger partial charge >= 0.3 is 0 Å². The van der Waals surface area contributed by atoms with Gasteiger partial charge in [0.15, 0.2) is 11.5 Å². The number of aromatic nitrogens is 3. The van der Waals surface area contributed by atoms with Gasteiger partial charge in [0.25, 0.3) is 5.56 Å². The summed E-state index contributed by atoms with van der Waals surface area (Å²) in [7, 11) is 0. The van der Waals surface area contributed by atoms with Gasteiger partial charge in [0.2, 0.25) is 5.95 Å². The summed E-state index contributed by atoms with van der Waals surface area (Å²) in [6.07, 6.45) is 0.263. The molecule has 1 aliphatic rings. The highest BCUT2D eigenvalue weighted by Gasteiger charge is 2.20. The van der Waals surface area contributed by atoms with Crippen LogP contribution in [0.3, 0.4) is 0 Å². The molecular formula is C19H18N4O3. The molecule has 2 heterocycles. The summed E-state index contributed by atoms with van der Waals surface area (Å²) in [5, 5.41) is 11.1. The highest BCUT2D eigenvalue weighted by Crippen LogP contribution is 2.30. The van der Waals surface area contributed by atoms with Crippen LogP contribution in [0.1, 0.15) is 11.3 Å². The van der Waals surface area contributed by atoms with Crippen LogP contribution in [0, 0.1) is 0 Å². The quantitative estimate of drug-likeness (QED) is 0.732. The van der Waals surface area contributed by atoms with Crippen LogP contribution in [0.2, 0.25) is 0 Å². The zero-order chi connectivity index (χ0) is 17.8. The molecule has 2 aromatic carbocycles. The lowest BCUT2D eigenvalue weighted by molar-refractivity contribution is 0.0996. The second-order valence-corrected chi connectivity index (χ2v) is 5.99. The minimum absolute atomic E-state index is 0.181. The van der Waals surface area contributed by atoms with Crippen molar-refractivity contribution in [2.24, 2.45) is 0 Å². The fourth-order valence-electron chi connectivity index (χ4n) is 2.72. The predicted octanol–water partition coefficient (Wildman–Crippen LogP) is 2.01. The molecule has 1 aromatic heterocycles. The molecule has 3 aromatic rings. The maximum absolute atomic E-state index is 12.2. The van der Waals surface area contributed by atoms with Crippen molar-refractivity contribution < 1.29 is 9.47 Å². The van der Waals surface area contributed by atoms with Gasteiger partial charge in [0.05, 0.1) is 6.54 Å². The topological polar surface area (TPSA) is 89.1 Å². The Balaban J connectivity index is 1.37. The number of benzene rings is 2. The van der Waals surface area contributed by atoms with Crippen LogP contribution in [0.5, 0.6) is 11.5 Å². The average molecular weight is 350 g/mol. The average Bonchev–Trinajstić information content (AvgIpc) is 2.69. The van der Waals surface area contributed by atoms with E-state index >= 15 is 0 Å². The van der Waals surface area contributed by atoms with E-state index in [1.54, 1.807) is 0 Å². The monoisotopic (exact) mass is 350 g/mol. The van der Waals surface area contributed by atoms with E-state index in [2.05, 4.69) is 20.5 Å². The van der Waals surface area contributed by atoms with Crippen molar-refractivity contribution in [2.45, 2.75) is 12.5 Å². The molecule has 0 bridgehead atoms. The second kappa shape index (κ2) is 7.26. The molecule has 1 unspecified atom stereocenters. The Morgan fingerprint density at radius 2 is 1.81 bits per heavy atom. The zero-order valence-corrected chi connectivity index (χ0v) is 14.0. The molecule has 26 heavy (non-hydrogen) atoms. The van der Waals surface area contributed by atoms with E-state index in [0.717, 1.165) is 11.3 Å². The van der Waals surface area contributed by atoms with E-state index in [9.17, 15) is 4.79 Å². The fraction of sp³-hybridized carbons (Fsp3) is 0.211. The first-order valence-electron chi connectivity index (χ1n) is 8.40. The van der Waals surface area contributed by atoms with Crippen molar-refractivity contribution in [1.29, 1.82) is 0 Å². The number of ether oxygens (including phenoxy) is 2. The SMILES string of the molecule is O=c1[nH]c(NCC2COc3ccccc3O2)nnc1Cc1ccccc1. The molecule has 7 heteroatoms. The van der Waals surface area contributed by atoms with Crippen molar-refractivity contribution >= 4 is 5.95 Å². The number of H-pyrrole nitrogens is 1. The number of aromatic amines is 1. The Morgan fingerprint density at radius 3 is 2.62 bits per heavy atom. The van der Waals surface area contributed by atoms with E-state index in [4.69, 9.17) is 9.47 Å². The Morgan fingerprint density at radius 1 is 1.04 bits per heavy atom. The Labute approximate surface area is 150 Å². The lowest BCUT2D eigenvalue weighted by Gasteiger charge is -2.26. The molecular weight excluding hydrogens is 332 g/mol. The highest BCUT2D eigenvalue weighted by molar-refractivity contribution is 5.41. The van der Waals surface area contributed by atoms with E-state index in [1.165, 1.54) is 0 Å². The number of hydrogen-bond donors (Lipinski definition) is 2. The molecule has 0 aliphatic carbocycles. The van der Waals surface area contributed by atoms with Crippen molar-refractivity contribution in [3.05, 3.63) is 76.2 Å². The molecule has 0 spiro atoms. The third-order valence-corrected chi connectivity index (χ3v) is 4.04. The van der Waals surface area contributed by atoms with Crippen molar-refractivity contribution in [1.82, 2.24) is 15.2 Å². The Hall–Kier alpha value is -3.35. The van der Waals surface area contributed by atoms with Gasteiger partial charge in [-0.1, -0.05) is 42.5 Å². The number of hydrogen-bond acceptors (Lipinski definition) is 6. The number of para-hydroxylation sites is 2. The van der Waals surface area contributed by atoms with Gasteiger partial charge in [0.1, 0.15) is 18.4 Å². The highest BCUT2D eigenvalue weighted by atomic mass is 16.6. The van der Waals surface area contributed by atoms with Crippen LogP contribution < -0.4 is 20.3 Å². The van der Waals surface area contributed by atoms with Crippen LogP contribution in [0.4, 0.5) is 5.95 Å². The first-order chi connectivity index (χ1) is 12.8. The number of nitrogens with zero attached hydrogens (tertiary/aromatic N) is 2. The van der Waals surface area contributed by atoms with E-state index < -0.39 is 0 Å². The van der Waals surface area contributed by atoms with Gasteiger partial charge in [0, 0.05) is 6.42 Å². The summed E-state index contributed by atoms with van der Waals surface area (Å²) in [6, 6.07) is 17.2. The van der Waals surface area contributed by atoms with Crippen LogP contribution in [0.15, 0.2) is 59.4 Å². The maximum Gasteiger partial charge on any atom is 0.274 e. The Bertz CT molecular complexity index is 943. The number of anilines is 1. The first-order valence-corrected chi connectivity index (χ1v) is 8.40. The van der Waals surface area contributed by atoms with Crippen molar-refractivity contribution in [3.8, 4) is 11.5 Å². The molecule has 0 saturated carbocycles. The van der Waals surface area contributed by atoms with Gasteiger partial charge in [-0.3, -0.25) is 9.78 Å². The first kappa shape index (κ1) is 16.1. The van der Waals surface area contributed by atoms with E-state index in [1.807, 2.05) is 54.6 Å². The van der Waals surface area contributed by atoms with E-state index in [-0.39, 0.29) is 11.7 Å². The summed E-state index contributed by atoms with van der Waals surface area (Å²) in [5.41, 5.74) is 1.14. The number of nitrogens with one attached hydrogen (secondary N) is 2. The molecule has 0 fully saturated rings. The van der Waals surface area contributed by atoms with Crippen LogP contribution in [0.25, 0.3) is 0 Å². The summed E-state index contributed by atoms with van der Waals surface area (Å²) >= 11 is 0. The lowest BCUT2D eigenvalue weighted by atomic mass is 10.1. The smallest absolute Gasteiger partial charge is 0.274 e. The van der Waals surface area contributed by atoms with Crippen molar-refractivity contribution in [3.63, 3.8) is 0 Å². The van der Waals surface area contributed by atoms with Gasteiger partial charge < -0.3 is 14.8 Å². The van der Waals surface area contributed by atoms with Crippen LogP contribution >= 0.6 is 0 Å². The van der Waals surface area contributed by atoms with Gasteiger partial charge in [-0.2, -0.15) is 0 Å². The summed E-state index contributed by atoms with van der Waals surface area (Å²) in [5.74, 6) is 1.76. The van der Waals surface area contributed by atoms with Gasteiger partial charge in [-0.25, -0.2) is 0 Å². The third kappa shape index (κ3) is 3.66. The Kier molecular flexibility index (Phi) is 4.51. The number of rotatable bonds is 5. The van der Waals surface area contributed by atoms with Gasteiger partial charge in [-0.15, -0.1) is 10.2 Å². The van der Waals surface area contributed by atoms with Crippen molar-refractivity contribution in [2.75, 3.05) is 18.5 Å². The fourth-order valence-corrected chi connectivity index (χ4v) is 2.72.